The molecule has 1 fully saturated rings. The monoisotopic (exact) mass is 348 g/mol. The summed E-state index contributed by atoms with van der Waals surface area (Å²) in [7, 11) is 1.61. The summed E-state index contributed by atoms with van der Waals surface area (Å²) in [6.45, 7) is 7.72. The fourth-order valence-corrected chi connectivity index (χ4v) is 2.64. The van der Waals surface area contributed by atoms with Crippen molar-refractivity contribution >= 4 is 12.0 Å². The Labute approximate surface area is 149 Å². The summed E-state index contributed by atoms with van der Waals surface area (Å²) in [6, 6.07) is 5.60. The highest BCUT2D eigenvalue weighted by Gasteiger charge is 2.09. The van der Waals surface area contributed by atoms with Crippen LogP contribution in [0.5, 0.6) is 11.5 Å². The summed E-state index contributed by atoms with van der Waals surface area (Å²) >= 11 is 0. The Kier molecular flexibility index (Phi) is 8.28. The first-order valence-corrected chi connectivity index (χ1v) is 8.79. The zero-order valence-electron chi connectivity index (χ0n) is 15.1. The largest absolute Gasteiger partial charge is 0.493 e. The Morgan fingerprint density at radius 3 is 2.84 bits per heavy atom. The zero-order valence-corrected chi connectivity index (χ0v) is 15.1. The second kappa shape index (κ2) is 10.7. The molecule has 6 heteroatoms. The Hall–Kier alpha value is -2.05. The maximum absolute atomic E-state index is 11.9. The molecule has 1 aliphatic rings. The fraction of sp³-hybridized carbons (Fsp3) is 0.526. The average molecular weight is 348 g/mol. The molecular formula is C19H28N2O4. The van der Waals surface area contributed by atoms with Crippen molar-refractivity contribution in [3.63, 3.8) is 0 Å². The molecular weight excluding hydrogens is 320 g/mol. The van der Waals surface area contributed by atoms with Gasteiger partial charge >= 0.3 is 0 Å². The van der Waals surface area contributed by atoms with E-state index >= 15 is 0 Å². The number of morpholine rings is 1. The highest BCUT2D eigenvalue weighted by Crippen LogP contribution is 2.28. The molecule has 0 atom stereocenters. The van der Waals surface area contributed by atoms with Gasteiger partial charge in [0.15, 0.2) is 11.5 Å². The van der Waals surface area contributed by atoms with Crippen LogP contribution in [0.4, 0.5) is 0 Å². The van der Waals surface area contributed by atoms with Gasteiger partial charge in [0.05, 0.1) is 26.9 Å². The molecule has 0 radical (unpaired) electrons. The number of rotatable bonds is 9. The second-order valence-corrected chi connectivity index (χ2v) is 5.78. The van der Waals surface area contributed by atoms with Crippen LogP contribution in [0.25, 0.3) is 6.08 Å². The average Bonchev–Trinajstić information content (AvgIpc) is 2.65. The lowest BCUT2D eigenvalue weighted by Gasteiger charge is -2.26. The van der Waals surface area contributed by atoms with Crippen molar-refractivity contribution in [2.75, 3.05) is 53.1 Å². The quantitative estimate of drug-likeness (QED) is 0.546. The van der Waals surface area contributed by atoms with Gasteiger partial charge in [0.2, 0.25) is 5.91 Å². The molecule has 1 aromatic rings. The number of nitrogens with one attached hydrogen (secondary N) is 1. The van der Waals surface area contributed by atoms with Crippen molar-refractivity contribution < 1.29 is 19.0 Å². The van der Waals surface area contributed by atoms with Crippen LogP contribution in [-0.4, -0.2) is 63.9 Å². The minimum Gasteiger partial charge on any atom is -0.493 e. The predicted molar refractivity (Wildman–Crippen MR) is 98.1 cm³/mol. The maximum Gasteiger partial charge on any atom is 0.243 e. The molecule has 1 saturated heterocycles. The number of hydrogen-bond donors (Lipinski definition) is 1. The van der Waals surface area contributed by atoms with Crippen molar-refractivity contribution in [3.8, 4) is 11.5 Å². The van der Waals surface area contributed by atoms with E-state index in [0.717, 1.165) is 44.8 Å². The molecule has 1 amide bonds. The Balaban J connectivity index is 1.74. The lowest BCUT2D eigenvalue weighted by Crippen LogP contribution is -2.38. The number of carbonyl (C=O) groups is 1. The van der Waals surface area contributed by atoms with E-state index in [1.54, 1.807) is 19.3 Å². The molecule has 1 aliphatic heterocycles. The van der Waals surface area contributed by atoms with E-state index in [2.05, 4.69) is 10.2 Å². The second-order valence-electron chi connectivity index (χ2n) is 5.78. The van der Waals surface area contributed by atoms with Gasteiger partial charge in [0.25, 0.3) is 0 Å². The minimum atomic E-state index is -0.0873. The van der Waals surface area contributed by atoms with Crippen LogP contribution in [0, 0.1) is 0 Å². The summed E-state index contributed by atoms with van der Waals surface area (Å²) in [5, 5.41) is 2.92. The molecule has 0 bridgehead atoms. The number of carbonyl (C=O) groups excluding carboxylic acids is 1. The molecule has 0 spiro atoms. The topological polar surface area (TPSA) is 60.0 Å². The van der Waals surface area contributed by atoms with Crippen molar-refractivity contribution in [2.45, 2.75) is 13.3 Å². The fourth-order valence-electron chi connectivity index (χ4n) is 2.64. The van der Waals surface area contributed by atoms with Gasteiger partial charge in [-0.2, -0.15) is 0 Å². The Morgan fingerprint density at radius 2 is 2.12 bits per heavy atom. The smallest absolute Gasteiger partial charge is 0.243 e. The molecule has 1 N–H and O–H groups in total. The Bertz CT molecular complexity index is 569. The van der Waals surface area contributed by atoms with Crippen LogP contribution in [0.3, 0.4) is 0 Å². The first kappa shape index (κ1) is 19.3. The van der Waals surface area contributed by atoms with Gasteiger partial charge in [-0.1, -0.05) is 6.07 Å². The highest BCUT2D eigenvalue weighted by atomic mass is 16.5. The third-order valence-corrected chi connectivity index (χ3v) is 3.97. The van der Waals surface area contributed by atoms with Gasteiger partial charge < -0.3 is 19.5 Å². The molecule has 1 heterocycles. The predicted octanol–water partition coefficient (Wildman–Crippen LogP) is 1.95. The Morgan fingerprint density at radius 1 is 1.32 bits per heavy atom. The summed E-state index contributed by atoms with van der Waals surface area (Å²) in [5.41, 5.74) is 0.896. The van der Waals surface area contributed by atoms with E-state index in [1.165, 1.54) is 0 Å². The number of benzene rings is 1. The number of nitrogens with zero attached hydrogens (tertiary/aromatic N) is 1. The molecule has 0 aromatic heterocycles. The molecule has 0 aliphatic carbocycles. The maximum atomic E-state index is 11.9. The first-order valence-electron chi connectivity index (χ1n) is 8.79. The minimum absolute atomic E-state index is 0.0873. The summed E-state index contributed by atoms with van der Waals surface area (Å²) in [4.78, 5) is 14.3. The van der Waals surface area contributed by atoms with E-state index in [0.29, 0.717) is 24.7 Å². The van der Waals surface area contributed by atoms with Gasteiger partial charge in [0.1, 0.15) is 0 Å². The number of hydrogen-bond acceptors (Lipinski definition) is 5. The number of amides is 1. The normalized spacial score (nSPS) is 15.3. The standard InChI is InChI=1S/C19H28N2O4/c1-3-25-18-15-16(5-7-17(18)23-2)6-8-19(22)20-9-4-10-21-11-13-24-14-12-21/h5-8,15H,3-4,9-14H2,1-2H3,(H,20,22)/b8-6+. The van der Waals surface area contributed by atoms with Gasteiger partial charge in [-0.15, -0.1) is 0 Å². The van der Waals surface area contributed by atoms with Gasteiger partial charge in [-0.05, 0) is 43.7 Å². The van der Waals surface area contributed by atoms with Crippen LogP contribution in [0.1, 0.15) is 18.9 Å². The third kappa shape index (κ3) is 6.76. The van der Waals surface area contributed by atoms with Crippen LogP contribution in [0.2, 0.25) is 0 Å². The molecule has 0 unspecified atom stereocenters. The van der Waals surface area contributed by atoms with E-state index in [9.17, 15) is 4.79 Å². The van der Waals surface area contributed by atoms with E-state index in [1.807, 2.05) is 25.1 Å². The first-order chi connectivity index (χ1) is 12.2. The highest BCUT2D eigenvalue weighted by molar-refractivity contribution is 5.91. The lowest BCUT2D eigenvalue weighted by molar-refractivity contribution is -0.116. The molecule has 0 saturated carbocycles. The summed E-state index contributed by atoms with van der Waals surface area (Å²) < 4.78 is 16.1. The van der Waals surface area contributed by atoms with Crippen molar-refractivity contribution in [1.82, 2.24) is 10.2 Å². The van der Waals surface area contributed by atoms with Crippen LogP contribution >= 0.6 is 0 Å². The van der Waals surface area contributed by atoms with Crippen LogP contribution in [-0.2, 0) is 9.53 Å². The van der Waals surface area contributed by atoms with Crippen molar-refractivity contribution in [3.05, 3.63) is 29.8 Å². The summed E-state index contributed by atoms with van der Waals surface area (Å²) in [5.74, 6) is 1.28. The van der Waals surface area contributed by atoms with Gasteiger partial charge in [-0.25, -0.2) is 0 Å². The SMILES string of the molecule is CCOc1cc(/C=C/C(=O)NCCCN2CCOCC2)ccc1OC. The zero-order chi connectivity index (χ0) is 17.9. The number of methoxy groups -OCH3 is 1. The van der Waals surface area contributed by atoms with Gasteiger partial charge in [-0.3, -0.25) is 9.69 Å². The molecule has 2 rings (SSSR count). The third-order valence-electron chi connectivity index (χ3n) is 3.97. The van der Waals surface area contributed by atoms with Crippen LogP contribution < -0.4 is 14.8 Å². The van der Waals surface area contributed by atoms with Crippen LogP contribution in [0.15, 0.2) is 24.3 Å². The summed E-state index contributed by atoms with van der Waals surface area (Å²) in [6.07, 6.45) is 4.27. The van der Waals surface area contributed by atoms with Gasteiger partial charge in [0, 0.05) is 25.7 Å². The number of ether oxygens (including phenoxy) is 3. The van der Waals surface area contributed by atoms with Crippen molar-refractivity contribution in [1.29, 1.82) is 0 Å². The molecule has 138 valence electrons. The van der Waals surface area contributed by atoms with E-state index < -0.39 is 0 Å². The van der Waals surface area contributed by atoms with Crippen molar-refractivity contribution in [2.24, 2.45) is 0 Å². The lowest BCUT2D eigenvalue weighted by atomic mass is 10.2. The molecule has 1 aromatic carbocycles. The van der Waals surface area contributed by atoms with E-state index in [-0.39, 0.29) is 5.91 Å². The van der Waals surface area contributed by atoms with E-state index in [4.69, 9.17) is 14.2 Å². The molecule has 6 nitrogen and oxygen atoms in total. The molecule has 25 heavy (non-hydrogen) atoms.